The largest absolute Gasteiger partial charge is 0.493 e. The minimum absolute atomic E-state index is 0.496. The molecule has 0 saturated heterocycles. The third kappa shape index (κ3) is 4.50. The minimum Gasteiger partial charge on any atom is -0.493 e. The smallest absolute Gasteiger partial charge is 0.160 e. The maximum absolute atomic E-state index is 5.94. The van der Waals surface area contributed by atoms with Crippen LogP contribution in [0.3, 0.4) is 0 Å². The van der Waals surface area contributed by atoms with Crippen molar-refractivity contribution in [2.24, 2.45) is 11.7 Å². The Morgan fingerprint density at radius 2 is 1.64 bits per heavy atom. The number of methoxy groups -OCH3 is 2. The van der Waals surface area contributed by atoms with Gasteiger partial charge in [0.25, 0.3) is 0 Å². The van der Waals surface area contributed by atoms with E-state index in [0.29, 0.717) is 12.5 Å². The summed E-state index contributed by atoms with van der Waals surface area (Å²) in [5, 5.41) is 0. The van der Waals surface area contributed by atoms with Crippen LogP contribution in [-0.2, 0) is 12.8 Å². The second-order valence-corrected chi connectivity index (χ2v) is 5.52. The first-order chi connectivity index (χ1) is 10.8. The van der Waals surface area contributed by atoms with Crippen LogP contribution >= 0.6 is 0 Å². The summed E-state index contributed by atoms with van der Waals surface area (Å²) < 4.78 is 10.6. The van der Waals surface area contributed by atoms with Crippen LogP contribution in [0.4, 0.5) is 0 Å². The van der Waals surface area contributed by atoms with Crippen molar-refractivity contribution in [3.8, 4) is 11.5 Å². The van der Waals surface area contributed by atoms with E-state index in [1.165, 1.54) is 11.1 Å². The van der Waals surface area contributed by atoms with Gasteiger partial charge in [-0.2, -0.15) is 0 Å². The summed E-state index contributed by atoms with van der Waals surface area (Å²) in [5.74, 6) is 2.05. The second kappa shape index (κ2) is 8.44. The summed E-state index contributed by atoms with van der Waals surface area (Å²) >= 11 is 0. The zero-order chi connectivity index (χ0) is 15.8. The highest BCUT2D eigenvalue weighted by molar-refractivity contribution is 5.42. The van der Waals surface area contributed by atoms with Gasteiger partial charge in [0.1, 0.15) is 0 Å². The molecule has 2 rings (SSSR count). The van der Waals surface area contributed by atoms with E-state index in [4.69, 9.17) is 15.2 Å². The number of aryl methyl sites for hydroxylation is 1. The summed E-state index contributed by atoms with van der Waals surface area (Å²) in [7, 11) is 3.32. The van der Waals surface area contributed by atoms with Gasteiger partial charge < -0.3 is 15.2 Å². The molecular formula is C19H25NO2. The van der Waals surface area contributed by atoms with Gasteiger partial charge in [-0.05, 0) is 55.0 Å². The lowest BCUT2D eigenvalue weighted by Crippen LogP contribution is -2.17. The number of benzene rings is 2. The molecule has 0 spiro atoms. The zero-order valence-corrected chi connectivity index (χ0v) is 13.4. The molecule has 1 atom stereocenters. The van der Waals surface area contributed by atoms with E-state index in [0.717, 1.165) is 30.8 Å². The topological polar surface area (TPSA) is 44.5 Å². The molecule has 0 fully saturated rings. The van der Waals surface area contributed by atoms with Gasteiger partial charge in [0.05, 0.1) is 14.2 Å². The van der Waals surface area contributed by atoms with Gasteiger partial charge in [0.15, 0.2) is 11.5 Å². The molecule has 1 unspecified atom stereocenters. The Labute approximate surface area is 133 Å². The van der Waals surface area contributed by atoms with Crippen molar-refractivity contribution in [2.75, 3.05) is 20.8 Å². The predicted molar refractivity (Wildman–Crippen MR) is 90.6 cm³/mol. The molecule has 22 heavy (non-hydrogen) atoms. The van der Waals surface area contributed by atoms with Gasteiger partial charge in [0.2, 0.25) is 0 Å². The molecule has 0 radical (unpaired) electrons. The Balaban J connectivity index is 1.95. The molecule has 0 aliphatic rings. The van der Waals surface area contributed by atoms with Crippen molar-refractivity contribution in [2.45, 2.75) is 19.3 Å². The molecule has 3 heteroatoms. The third-order valence-electron chi connectivity index (χ3n) is 3.99. The number of hydrogen-bond acceptors (Lipinski definition) is 3. The van der Waals surface area contributed by atoms with Gasteiger partial charge in [0, 0.05) is 0 Å². The lowest BCUT2D eigenvalue weighted by Gasteiger charge is -2.15. The van der Waals surface area contributed by atoms with Gasteiger partial charge in [-0.25, -0.2) is 0 Å². The molecule has 0 aliphatic carbocycles. The van der Waals surface area contributed by atoms with Crippen molar-refractivity contribution < 1.29 is 9.47 Å². The Morgan fingerprint density at radius 3 is 2.27 bits per heavy atom. The molecule has 2 aromatic rings. The van der Waals surface area contributed by atoms with Gasteiger partial charge in [-0.3, -0.25) is 0 Å². The van der Waals surface area contributed by atoms with Gasteiger partial charge in [-0.15, -0.1) is 0 Å². The van der Waals surface area contributed by atoms with Crippen LogP contribution in [0, 0.1) is 5.92 Å². The summed E-state index contributed by atoms with van der Waals surface area (Å²) in [6.45, 7) is 0.710. The Hall–Kier alpha value is -2.00. The van der Waals surface area contributed by atoms with E-state index in [2.05, 4.69) is 36.4 Å². The normalized spacial score (nSPS) is 12.0. The summed E-state index contributed by atoms with van der Waals surface area (Å²) in [6.07, 6.45) is 3.10. The van der Waals surface area contributed by atoms with E-state index in [-0.39, 0.29) is 0 Å². The molecule has 0 bridgehead atoms. The Kier molecular flexibility index (Phi) is 6.28. The fourth-order valence-electron chi connectivity index (χ4n) is 2.66. The first-order valence-electron chi connectivity index (χ1n) is 7.71. The molecule has 0 aromatic heterocycles. The number of hydrogen-bond donors (Lipinski definition) is 1. The van der Waals surface area contributed by atoms with E-state index in [1.54, 1.807) is 14.2 Å². The number of ether oxygens (including phenoxy) is 2. The van der Waals surface area contributed by atoms with Crippen LogP contribution in [0.5, 0.6) is 11.5 Å². The number of rotatable bonds is 8. The second-order valence-electron chi connectivity index (χ2n) is 5.52. The standard InChI is InChI=1S/C19H25NO2/c1-21-18-11-10-16(13-19(18)22-2)8-9-17(14-20)12-15-6-4-3-5-7-15/h3-7,10-11,13,17H,8-9,12,14,20H2,1-2H3. The quantitative estimate of drug-likeness (QED) is 0.812. The molecular weight excluding hydrogens is 274 g/mol. The predicted octanol–water partition coefficient (Wildman–Crippen LogP) is 3.45. The van der Waals surface area contributed by atoms with Gasteiger partial charge >= 0.3 is 0 Å². The van der Waals surface area contributed by atoms with Crippen molar-refractivity contribution in [1.82, 2.24) is 0 Å². The van der Waals surface area contributed by atoms with Crippen LogP contribution in [0.2, 0.25) is 0 Å². The van der Waals surface area contributed by atoms with Gasteiger partial charge in [-0.1, -0.05) is 36.4 Å². The van der Waals surface area contributed by atoms with Crippen LogP contribution in [-0.4, -0.2) is 20.8 Å². The Morgan fingerprint density at radius 1 is 0.909 bits per heavy atom. The molecule has 2 aromatic carbocycles. The van der Waals surface area contributed by atoms with Crippen LogP contribution in [0.1, 0.15) is 17.5 Å². The van der Waals surface area contributed by atoms with E-state index < -0.39 is 0 Å². The minimum atomic E-state index is 0.496. The SMILES string of the molecule is COc1ccc(CCC(CN)Cc2ccccc2)cc1OC. The fraction of sp³-hybridized carbons (Fsp3) is 0.368. The maximum Gasteiger partial charge on any atom is 0.160 e. The zero-order valence-electron chi connectivity index (χ0n) is 13.4. The van der Waals surface area contributed by atoms with E-state index >= 15 is 0 Å². The van der Waals surface area contributed by atoms with Crippen LogP contribution < -0.4 is 15.2 Å². The van der Waals surface area contributed by atoms with Crippen molar-refractivity contribution >= 4 is 0 Å². The van der Waals surface area contributed by atoms with Crippen molar-refractivity contribution in [1.29, 1.82) is 0 Å². The first kappa shape index (κ1) is 16.4. The molecule has 0 aliphatic heterocycles. The third-order valence-corrected chi connectivity index (χ3v) is 3.99. The maximum atomic E-state index is 5.94. The fourth-order valence-corrected chi connectivity index (χ4v) is 2.66. The summed E-state index contributed by atoms with van der Waals surface area (Å²) in [5.41, 5.74) is 8.55. The average Bonchev–Trinajstić information content (AvgIpc) is 2.59. The molecule has 0 saturated carbocycles. The summed E-state index contributed by atoms with van der Waals surface area (Å²) in [6, 6.07) is 16.6. The molecule has 3 nitrogen and oxygen atoms in total. The molecule has 0 amide bonds. The summed E-state index contributed by atoms with van der Waals surface area (Å²) in [4.78, 5) is 0. The molecule has 0 heterocycles. The highest BCUT2D eigenvalue weighted by Crippen LogP contribution is 2.28. The van der Waals surface area contributed by atoms with Crippen molar-refractivity contribution in [3.63, 3.8) is 0 Å². The highest BCUT2D eigenvalue weighted by Gasteiger charge is 2.10. The van der Waals surface area contributed by atoms with E-state index in [1.807, 2.05) is 12.1 Å². The Bertz CT molecular complexity index is 569. The lowest BCUT2D eigenvalue weighted by atomic mass is 9.93. The highest BCUT2D eigenvalue weighted by atomic mass is 16.5. The van der Waals surface area contributed by atoms with Crippen molar-refractivity contribution in [3.05, 3.63) is 59.7 Å². The number of nitrogens with two attached hydrogens (primary N) is 1. The van der Waals surface area contributed by atoms with E-state index in [9.17, 15) is 0 Å². The monoisotopic (exact) mass is 299 g/mol. The first-order valence-corrected chi connectivity index (χ1v) is 7.71. The molecule has 118 valence electrons. The van der Waals surface area contributed by atoms with Crippen LogP contribution in [0.15, 0.2) is 48.5 Å². The lowest BCUT2D eigenvalue weighted by molar-refractivity contribution is 0.354. The molecule has 2 N–H and O–H groups in total. The average molecular weight is 299 g/mol. The van der Waals surface area contributed by atoms with Crippen LogP contribution in [0.25, 0.3) is 0 Å².